The lowest BCUT2D eigenvalue weighted by Crippen LogP contribution is -2.61. The number of nitrogens with zero attached hydrogens (tertiary/aromatic N) is 2. The molecule has 14 heteroatoms. The van der Waals surface area contributed by atoms with Crippen LogP contribution in [0.5, 0.6) is 0 Å². The second-order valence-electron chi connectivity index (χ2n) is 7.30. The molecule has 0 aliphatic carbocycles. The maximum Gasteiger partial charge on any atom is 0.338 e. The summed E-state index contributed by atoms with van der Waals surface area (Å²) >= 11 is 0. The van der Waals surface area contributed by atoms with Crippen LogP contribution >= 0.6 is 0 Å². The van der Waals surface area contributed by atoms with E-state index < -0.39 is 59.1 Å². The number of carbonyl (C=O) groups is 2. The van der Waals surface area contributed by atoms with Crippen LogP contribution in [0.1, 0.15) is 20.7 Å². The van der Waals surface area contributed by atoms with Crippen LogP contribution in [0.25, 0.3) is 0 Å². The van der Waals surface area contributed by atoms with Crippen molar-refractivity contribution in [3.8, 4) is 0 Å². The van der Waals surface area contributed by atoms with E-state index in [2.05, 4.69) is 0 Å². The average Bonchev–Trinajstić information content (AvgIpc) is 2.86. The van der Waals surface area contributed by atoms with Crippen LogP contribution < -0.4 is 0 Å². The number of esters is 2. The van der Waals surface area contributed by atoms with Crippen LogP contribution in [-0.2, 0) is 18.9 Å². The van der Waals surface area contributed by atoms with Crippen molar-refractivity contribution >= 4 is 23.3 Å². The number of rotatable bonds is 8. The zero-order valence-corrected chi connectivity index (χ0v) is 18.1. The molecule has 1 fully saturated rings. The number of nitro benzene ring substituents is 2. The molecule has 2 N–H and O–H groups in total. The lowest BCUT2D eigenvalue weighted by molar-refractivity contribution is -0.385. The number of aliphatic hydroxyl groups is 2. The lowest BCUT2D eigenvalue weighted by Gasteiger charge is -2.42. The van der Waals surface area contributed by atoms with Gasteiger partial charge in [0.05, 0.1) is 27.6 Å². The van der Waals surface area contributed by atoms with E-state index in [9.17, 15) is 40.0 Å². The van der Waals surface area contributed by atoms with Gasteiger partial charge in [-0.2, -0.15) is 0 Å². The minimum Gasteiger partial charge on any atom is -0.453 e. The smallest absolute Gasteiger partial charge is 0.338 e. The highest BCUT2D eigenvalue weighted by Crippen LogP contribution is 2.28. The number of non-ortho nitro benzene ring substituents is 2. The molecule has 1 aliphatic rings. The summed E-state index contributed by atoms with van der Waals surface area (Å²) in [5.41, 5.74) is -0.646. The first-order valence-corrected chi connectivity index (χ1v) is 10.0. The van der Waals surface area contributed by atoms with Gasteiger partial charge in [0, 0.05) is 31.4 Å². The summed E-state index contributed by atoms with van der Waals surface area (Å²) in [7, 11) is 1.20. The molecule has 0 aromatic heterocycles. The number of carbonyl (C=O) groups excluding carboxylic acids is 2. The highest BCUT2D eigenvalue weighted by atomic mass is 16.7. The first-order valence-electron chi connectivity index (χ1n) is 10.0. The highest BCUT2D eigenvalue weighted by Gasteiger charge is 2.49. The summed E-state index contributed by atoms with van der Waals surface area (Å²) in [5, 5.41) is 42.1. The third-order valence-corrected chi connectivity index (χ3v) is 5.14. The monoisotopic (exact) mass is 492 g/mol. The maximum absolute atomic E-state index is 12.6. The molecule has 2 aromatic rings. The molecule has 5 unspecified atom stereocenters. The maximum atomic E-state index is 12.6. The quantitative estimate of drug-likeness (QED) is 0.301. The summed E-state index contributed by atoms with van der Waals surface area (Å²) in [5.74, 6) is -1.96. The Labute approximate surface area is 196 Å². The first-order chi connectivity index (χ1) is 16.7. The summed E-state index contributed by atoms with van der Waals surface area (Å²) in [4.78, 5) is 45.4. The molecule has 14 nitrogen and oxygen atoms in total. The van der Waals surface area contributed by atoms with E-state index in [4.69, 9.17) is 18.9 Å². The number of benzene rings is 2. The minimum atomic E-state index is -1.71. The van der Waals surface area contributed by atoms with E-state index in [1.54, 1.807) is 0 Å². The fourth-order valence-corrected chi connectivity index (χ4v) is 3.32. The van der Waals surface area contributed by atoms with Gasteiger partial charge < -0.3 is 29.2 Å². The molecule has 1 heterocycles. The number of nitro groups is 2. The van der Waals surface area contributed by atoms with Gasteiger partial charge in [-0.05, 0) is 24.3 Å². The molecule has 0 saturated carbocycles. The summed E-state index contributed by atoms with van der Waals surface area (Å²) in [6.45, 7) is -0.696. The zero-order valence-electron chi connectivity index (χ0n) is 18.1. The molecule has 35 heavy (non-hydrogen) atoms. The Hall–Kier alpha value is -3.98. The second kappa shape index (κ2) is 11.0. The molecule has 1 saturated heterocycles. The summed E-state index contributed by atoms with van der Waals surface area (Å²) < 4.78 is 21.2. The Morgan fingerprint density at radius 1 is 0.886 bits per heavy atom. The topological polar surface area (TPSA) is 198 Å². The summed E-state index contributed by atoms with van der Waals surface area (Å²) in [6, 6.07) is 8.96. The third-order valence-electron chi connectivity index (χ3n) is 5.14. The van der Waals surface area contributed by atoms with Gasteiger partial charge >= 0.3 is 11.9 Å². The van der Waals surface area contributed by atoms with E-state index in [1.807, 2.05) is 0 Å². The Kier molecular flexibility index (Phi) is 8.03. The zero-order chi connectivity index (χ0) is 25.7. The predicted octanol–water partition coefficient (Wildman–Crippen LogP) is 0.978. The van der Waals surface area contributed by atoms with E-state index in [-0.39, 0.29) is 22.5 Å². The molecule has 0 bridgehead atoms. The molecule has 3 rings (SSSR count). The van der Waals surface area contributed by atoms with Crippen LogP contribution in [0.15, 0.2) is 48.5 Å². The van der Waals surface area contributed by atoms with Crippen LogP contribution in [0, 0.1) is 20.2 Å². The van der Waals surface area contributed by atoms with Crippen molar-refractivity contribution in [1.29, 1.82) is 0 Å². The molecule has 186 valence electrons. The van der Waals surface area contributed by atoms with Gasteiger partial charge in [-0.15, -0.1) is 0 Å². The molecule has 0 amide bonds. The normalized spacial score (nSPS) is 23.8. The fourth-order valence-electron chi connectivity index (χ4n) is 3.32. The van der Waals surface area contributed by atoms with Crippen molar-refractivity contribution in [3.63, 3.8) is 0 Å². The molecule has 2 aromatic carbocycles. The minimum absolute atomic E-state index is 0.0682. The molecule has 0 radical (unpaired) electrons. The predicted molar refractivity (Wildman–Crippen MR) is 113 cm³/mol. The Morgan fingerprint density at radius 3 is 1.69 bits per heavy atom. The van der Waals surface area contributed by atoms with Crippen molar-refractivity contribution in [1.82, 2.24) is 0 Å². The number of ether oxygens (including phenoxy) is 4. The third kappa shape index (κ3) is 5.75. The van der Waals surface area contributed by atoms with Gasteiger partial charge in [-0.25, -0.2) is 9.59 Å². The molecular formula is C21H20N2O12. The van der Waals surface area contributed by atoms with E-state index in [1.165, 1.54) is 7.11 Å². The molecule has 1 aliphatic heterocycles. The molecule has 0 spiro atoms. The number of methoxy groups -OCH3 is 1. The Morgan fingerprint density at radius 2 is 1.31 bits per heavy atom. The highest BCUT2D eigenvalue weighted by molar-refractivity contribution is 5.90. The van der Waals surface area contributed by atoms with Crippen molar-refractivity contribution in [2.45, 2.75) is 30.7 Å². The van der Waals surface area contributed by atoms with Gasteiger partial charge in [0.15, 0.2) is 18.5 Å². The van der Waals surface area contributed by atoms with Crippen molar-refractivity contribution < 1.29 is 48.6 Å². The average molecular weight is 492 g/mol. The van der Waals surface area contributed by atoms with Crippen LogP contribution in [0.4, 0.5) is 11.4 Å². The van der Waals surface area contributed by atoms with Gasteiger partial charge in [0.2, 0.25) is 0 Å². The molecular weight excluding hydrogens is 472 g/mol. The summed E-state index contributed by atoms with van der Waals surface area (Å²) in [6.07, 6.45) is -7.34. The Bertz CT molecular complexity index is 1000. The number of hydrogen-bond acceptors (Lipinski definition) is 12. The second-order valence-corrected chi connectivity index (χ2v) is 7.30. The van der Waals surface area contributed by atoms with Gasteiger partial charge in [-0.1, -0.05) is 0 Å². The van der Waals surface area contributed by atoms with Crippen molar-refractivity contribution in [2.24, 2.45) is 0 Å². The van der Waals surface area contributed by atoms with Gasteiger partial charge in [-0.3, -0.25) is 20.2 Å². The van der Waals surface area contributed by atoms with E-state index in [0.717, 1.165) is 48.5 Å². The SMILES string of the molecule is COC1OC(CO)C(OC(=O)c2ccc([N+](=O)[O-])cc2)C(O)C1OC(=O)c1ccc([N+](=O)[O-])cc1. The Balaban J connectivity index is 1.78. The largest absolute Gasteiger partial charge is 0.453 e. The van der Waals surface area contributed by atoms with Crippen LogP contribution in [0.3, 0.4) is 0 Å². The van der Waals surface area contributed by atoms with Crippen molar-refractivity contribution in [2.75, 3.05) is 13.7 Å². The van der Waals surface area contributed by atoms with Gasteiger partial charge in [0.25, 0.3) is 11.4 Å². The van der Waals surface area contributed by atoms with Crippen LogP contribution in [0.2, 0.25) is 0 Å². The standard InChI is InChI=1S/C21H20N2O12/c1-32-21-18(35-20(27)12-4-8-14(9-5-12)23(30)31)16(25)17(15(10-24)33-21)34-19(26)11-2-6-13(7-3-11)22(28)29/h2-9,15-18,21,24-25H,10H2,1H3. The molecule has 5 atom stereocenters. The van der Waals surface area contributed by atoms with Crippen molar-refractivity contribution in [3.05, 3.63) is 79.9 Å². The van der Waals surface area contributed by atoms with E-state index >= 15 is 0 Å². The van der Waals surface area contributed by atoms with Crippen LogP contribution in [-0.4, -0.2) is 76.4 Å². The fraction of sp³-hybridized carbons (Fsp3) is 0.333. The van der Waals surface area contributed by atoms with Gasteiger partial charge in [0.1, 0.15) is 12.2 Å². The number of hydrogen-bond donors (Lipinski definition) is 2. The van der Waals surface area contributed by atoms with E-state index in [0.29, 0.717) is 0 Å². The number of aliphatic hydroxyl groups excluding tert-OH is 2. The first kappa shape index (κ1) is 25.6. The lowest BCUT2D eigenvalue weighted by atomic mass is 9.98.